The Labute approximate surface area is 147 Å². The number of ether oxygens (including phenoxy) is 2. The summed E-state index contributed by atoms with van der Waals surface area (Å²) in [5, 5.41) is 2.01. The van der Waals surface area contributed by atoms with Crippen molar-refractivity contribution in [2.75, 3.05) is 27.3 Å². The Morgan fingerprint density at radius 3 is 2.68 bits per heavy atom. The second-order valence-electron chi connectivity index (χ2n) is 5.48. The first-order valence-electron chi connectivity index (χ1n) is 7.86. The van der Waals surface area contributed by atoms with Gasteiger partial charge in [0.05, 0.1) is 11.7 Å². The lowest BCUT2D eigenvalue weighted by Gasteiger charge is -2.19. The average molecular weight is 348 g/mol. The summed E-state index contributed by atoms with van der Waals surface area (Å²) in [6.45, 7) is 2.59. The molecule has 0 saturated carbocycles. The summed E-state index contributed by atoms with van der Waals surface area (Å²) in [7, 11) is 3.34. The molecule has 0 heterocycles. The first-order chi connectivity index (χ1) is 12.0. The third kappa shape index (κ3) is 7.63. The third-order valence-electron chi connectivity index (χ3n) is 3.58. The summed E-state index contributed by atoms with van der Waals surface area (Å²) in [5.74, 6) is -0.865. The van der Waals surface area contributed by atoms with Crippen LogP contribution in [0.2, 0.25) is 0 Å². The van der Waals surface area contributed by atoms with Crippen LogP contribution in [0.15, 0.2) is 36.5 Å². The van der Waals surface area contributed by atoms with Crippen LogP contribution in [-0.4, -0.2) is 56.6 Å². The van der Waals surface area contributed by atoms with Gasteiger partial charge in [-0.2, -0.15) is 0 Å². The number of nitrogens with zero attached hydrogens (tertiary/aromatic N) is 1. The number of hydrogen-bond donors (Lipinski definition) is 1. The first kappa shape index (κ1) is 20.4. The largest absolute Gasteiger partial charge is 0.459 e. The Kier molecular flexibility index (Phi) is 8.95. The maximum absolute atomic E-state index is 12.1. The van der Waals surface area contributed by atoms with Crippen molar-refractivity contribution in [1.82, 2.24) is 10.2 Å². The predicted octanol–water partition coefficient (Wildman–Crippen LogP) is 1.28. The van der Waals surface area contributed by atoms with Gasteiger partial charge in [0, 0.05) is 33.0 Å². The molecule has 0 spiro atoms. The number of hydrogen-bond acceptors (Lipinski definition) is 6. The van der Waals surface area contributed by atoms with Crippen molar-refractivity contribution in [3.05, 3.63) is 47.7 Å². The Balaban J connectivity index is 2.41. The summed E-state index contributed by atoms with van der Waals surface area (Å²) < 4.78 is 10.6. The molecule has 0 bridgehead atoms. The van der Waals surface area contributed by atoms with Gasteiger partial charge in [-0.05, 0) is 25.0 Å². The van der Waals surface area contributed by atoms with Crippen molar-refractivity contribution in [1.29, 1.82) is 0 Å². The minimum absolute atomic E-state index is 0.146. The second kappa shape index (κ2) is 11.0. The maximum Gasteiger partial charge on any atom is 0.338 e. The van der Waals surface area contributed by atoms with Crippen LogP contribution >= 0.6 is 0 Å². The van der Waals surface area contributed by atoms with Crippen molar-refractivity contribution in [3.8, 4) is 0 Å². The molecular weight excluding hydrogens is 324 g/mol. The van der Waals surface area contributed by atoms with Crippen molar-refractivity contribution < 1.29 is 23.9 Å². The fraction of sp³-hybridized carbons (Fsp3) is 0.389. The van der Waals surface area contributed by atoms with Crippen molar-refractivity contribution in [3.63, 3.8) is 0 Å². The van der Waals surface area contributed by atoms with Gasteiger partial charge in [-0.15, -0.1) is 0 Å². The summed E-state index contributed by atoms with van der Waals surface area (Å²) in [6.07, 6.45) is 3.50. The van der Waals surface area contributed by atoms with Crippen molar-refractivity contribution in [2.45, 2.75) is 19.4 Å². The smallest absolute Gasteiger partial charge is 0.338 e. The number of carbonyl (C=O) groups is 3. The second-order valence-corrected chi connectivity index (χ2v) is 5.48. The van der Waals surface area contributed by atoms with Gasteiger partial charge in [0.1, 0.15) is 6.61 Å². The van der Waals surface area contributed by atoms with E-state index in [0.717, 1.165) is 5.56 Å². The molecule has 1 N–H and O–H groups in total. The molecule has 1 aromatic carbocycles. The van der Waals surface area contributed by atoms with Crippen LogP contribution in [-0.2, 0) is 19.1 Å². The van der Waals surface area contributed by atoms with Gasteiger partial charge in [0.25, 0.3) is 5.91 Å². The van der Waals surface area contributed by atoms with Crippen LogP contribution in [0.4, 0.5) is 0 Å². The standard InChI is InChI=1S/C18H24N2O5/c1-14-6-4-5-7-16(14)18(23)25-12-15(24-3)8-10-20(2)11-9-17(22)19-13-21/h4-7,9,11,13,15H,8,10,12H2,1-3H3,(H,19,21,22)/b11-9-. The van der Waals surface area contributed by atoms with Crippen LogP contribution in [0.5, 0.6) is 0 Å². The van der Waals surface area contributed by atoms with Gasteiger partial charge in [-0.1, -0.05) is 18.2 Å². The lowest BCUT2D eigenvalue weighted by molar-refractivity contribution is -0.121. The first-order valence-corrected chi connectivity index (χ1v) is 7.86. The molecule has 25 heavy (non-hydrogen) atoms. The van der Waals surface area contributed by atoms with Crippen LogP contribution < -0.4 is 5.32 Å². The van der Waals surface area contributed by atoms with E-state index in [0.29, 0.717) is 24.9 Å². The highest BCUT2D eigenvalue weighted by molar-refractivity contribution is 5.94. The molecular formula is C18H24N2O5. The van der Waals surface area contributed by atoms with E-state index in [2.05, 4.69) is 0 Å². The molecule has 0 aliphatic rings. The van der Waals surface area contributed by atoms with Crippen LogP contribution in [0.25, 0.3) is 0 Å². The van der Waals surface area contributed by atoms with Gasteiger partial charge in [-0.3, -0.25) is 14.9 Å². The zero-order valence-electron chi connectivity index (χ0n) is 14.7. The number of esters is 1. The Hall–Kier alpha value is -2.67. The van der Waals surface area contributed by atoms with E-state index in [1.165, 1.54) is 6.08 Å². The van der Waals surface area contributed by atoms with Gasteiger partial charge in [0.2, 0.25) is 6.41 Å². The summed E-state index contributed by atoms with van der Waals surface area (Å²) in [5.41, 5.74) is 1.40. The van der Waals surface area contributed by atoms with E-state index >= 15 is 0 Å². The number of benzene rings is 1. The number of carbonyl (C=O) groups excluding carboxylic acids is 3. The summed E-state index contributed by atoms with van der Waals surface area (Å²) in [4.78, 5) is 35.1. The number of methoxy groups -OCH3 is 1. The Morgan fingerprint density at radius 2 is 2.04 bits per heavy atom. The molecule has 7 heteroatoms. The fourth-order valence-electron chi connectivity index (χ4n) is 2.04. The van der Waals surface area contributed by atoms with Crippen LogP contribution in [0, 0.1) is 6.92 Å². The zero-order chi connectivity index (χ0) is 18.7. The predicted molar refractivity (Wildman–Crippen MR) is 92.9 cm³/mol. The molecule has 1 unspecified atom stereocenters. The fourth-order valence-corrected chi connectivity index (χ4v) is 2.04. The minimum Gasteiger partial charge on any atom is -0.459 e. The zero-order valence-corrected chi connectivity index (χ0v) is 14.7. The average Bonchev–Trinajstić information content (AvgIpc) is 2.60. The normalized spacial score (nSPS) is 11.8. The molecule has 1 atom stereocenters. The van der Waals surface area contributed by atoms with Gasteiger partial charge in [-0.25, -0.2) is 4.79 Å². The van der Waals surface area contributed by atoms with Crippen LogP contribution in [0.1, 0.15) is 22.3 Å². The summed E-state index contributed by atoms with van der Waals surface area (Å²) >= 11 is 0. The lowest BCUT2D eigenvalue weighted by atomic mass is 10.1. The highest BCUT2D eigenvalue weighted by Gasteiger charge is 2.14. The SMILES string of the molecule is COC(CCN(C)/C=C\C(=O)NC=O)COC(=O)c1ccccc1C. The van der Waals surface area contributed by atoms with Crippen molar-refractivity contribution in [2.24, 2.45) is 0 Å². The number of aryl methyl sites for hydroxylation is 1. The van der Waals surface area contributed by atoms with E-state index < -0.39 is 5.91 Å². The highest BCUT2D eigenvalue weighted by atomic mass is 16.6. The Morgan fingerprint density at radius 1 is 1.32 bits per heavy atom. The molecule has 0 fully saturated rings. The molecule has 1 aromatic rings. The molecule has 7 nitrogen and oxygen atoms in total. The molecule has 0 radical (unpaired) electrons. The molecule has 136 valence electrons. The topological polar surface area (TPSA) is 84.9 Å². The van der Waals surface area contributed by atoms with E-state index in [1.807, 2.05) is 24.4 Å². The molecule has 2 amide bonds. The van der Waals surface area contributed by atoms with E-state index in [1.54, 1.807) is 37.4 Å². The maximum atomic E-state index is 12.1. The van der Waals surface area contributed by atoms with E-state index in [4.69, 9.17) is 9.47 Å². The van der Waals surface area contributed by atoms with E-state index in [-0.39, 0.29) is 18.7 Å². The van der Waals surface area contributed by atoms with Crippen molar-refractivity contribution >= 4 is 18.3 Å². The van der Waals surface area contributed by atoms with Gasteiger partial charge >= 0.3 is 5.97 Å². The number of nitrogens with one attached hydrogen (secondary N) is 1. The van der Waals surface area contributed by atoms with Crippen LogP contribution in [0.3, 0.4) is 0 Å². The van der Waals surface area contributed by atoms with Gasteiger partial charge < -0.3 is 14.4 Å². The summed E-state index contributed by atoms with van der Waals surface area (Å²) in [6, 6.07) is 7.23. The monoisotopic (exact) mass is 348 g/mol. The molecule has 0 aromatic heterocycles. The lowest BCUT2D eigenvalue weighted by Crippen LogP contribution is -2.26. The molecule has 0 saturated heterocycles. The highest BCUT2D eigenvalue weighted by Crippen LogP contribution is 2.10. The number of amides is 2. The third-order valence-corrected chi connectivity index (χ3v) is 3.58. The number of rotatable bonds is 10. The van der Waals surface area contributed by atoms with E-state index in [9.17, 15) is 14.4 Å². The Bertz CT molecular complexity index is 615. The molecule has 0 aliphatic carbocycles. The number of imide groups is 1. The quantitative estimate of drug-likeness (QED) is 0.389. The molecule has 1 rings (SSSR count). The minimum atomic E-state index is -0.489. The molecule has 0 aliphatic heterocycles. The van der Waals surface area contributed by atoms with Gasteiger partial charge in [0.15, 0.2) is 0 Å².